The van der Waals surface area contributed by atoms with Crippen LogP contribution < -0.4 is 23.7 Å². The molecule has 2 aromatic rings. The first-order valence-electron chi connectivity index (χ1n) is 8.69. The van der Waals surface area contributed by atoms with Gasteiger partial charge in [-0.2, -0.15) is 5.10 Å². The fraction of sp³-hybridized carbons (Fsp3) is 0.300. The second kappa shape index (κ2) is 7.30. The highest BCUT2D eigenvalue weighted by Crippen LogP contribution is 2.43. The molecule has 8 nitrogen and oxygen atoms in total. The smallest absolute Gasteiger partial charge is 0.231 e. The maximum Gasteiger partial charge on any atom is 0.231 e. The molecule has 2 aliphatic heterocycles. The number of benzene rings is 2. The van der Waals surface area contributed by atoms with E-state index in [4.69, 9.17) is 23.7 Å². The van der Waals surface area contributed by atoms with E-state index in [0.29, 0.717) is 41.6 Å². The van der Waals surface area contributed by atoms with Crippen molar-refractivity contribution in [2.75, 3.05) is 28.1 Å². The Morgan fingerprint density at radius 1 is 1.04 bits per heavy atom. The maximum absolute atomic E-state index is 11.7. The summed E-state index contributed by atoms with van der Waals surface area (Å²) >= 11 is 0. The van der Waals surface area contributed by atoms with Crippen LogP contribution in [0.3, 0.4) is 0 Å². The normalized spacial score (nSPS) is 17.3. The largest absolute Gasteiger partial charge is 0.493 e. The molecule has 0 aliphatic carbocycles. The summed E-state index contributed by atoms with van der Waals surface area (Å²) in [5.41, 5.74) is 2.50. The van der Waals surface area contributed by atoms with Crippen molar-refractivity contribution in [1.29, 1.82) is 0 Å². The number of fused-ring (bicyclic) bond motifs is 1. The van der Waals surface area contributed by atoms with E-state index in [1.807, 2.05) is 30.3 Å². The molecule has 0 bridgehead atoms. The lowest BCUT2D eigenvalue weighted by molar-refractivity contribution is -0.119. The number of amides is 1. The van der Waals surface area contributed by atoms with E-state index < -0.39 is 0 Å². The minimum Gasteiger partial charge on any atom is -0.493 e. The fourth-order valence-electron chi connectivity index (χ4n) is 3.44. The van der Waals surface area contributed by atoms with Crippen molar-refractivity contribution in [2.45, 2.75) is 12.5 Å². The zero-order valence-electron chi connectivity index (χ0n) is 15.8. The standard InChI is InChI=1S/C20H20N2O6/c1-24-18-7-13(8-19(25-2)20(18)26-3)15-9-14(21-22(15)10-23)12-4-5-16-17(6-12)28-11-27-16/h4-8,10,15H,9,11H2,1-3H3. The summed E-state index contributed by atoms with van der Waals surface area (Å²) in [7, 11) is 4.66. The van der Waals surface area contributed by atoms with Gasteiger partial charge in [0.05, 0.1) is 33.1 Å². The lowest BCUT2D eigenvalue weighted by Crippen LogP contribution is -2.17. The predicted molar refractivity (Wildman–Crippen MR) is 100 cm³/mol. The van der Waals surface area contributed by atoms with Crippen molar-refractivity contribution < 1.29 is 28.5 Å². The first-order valence-corrected chi connectivity index (χ1v) is 8.69. The fourth-order valence-corrected chi connectivity index (χ4v) is 3.44. The van der Waals surface area contributed by atoms with Crippen molar-refractivity contribution in [3.63, 3.8) is 0 Å². The third-order valence-corrected chi connectivity index (χ3v) is 4.83. The van der Waals surface area contributed by atoms with Gasteiger partial charge in [-0.3, -0.25) is 4.79 Å². The van der Waals surface area contributed by atoms with Crippen LogP contribution in [-0.2, 0) is 4.79 Å². The van der Waals surface area contributed by atoms with E-state index in [1.54, 1.807) is 21.3 Å². The Morgan fingerprint density at radius 3 is 2.39 bits per heavy atom. The Kier molecular flexibility index (Phi) is 4.68. The number of hydrogen-bond acceptors (Lipinski definition) is 7. The van der Waals surface area contributed by atoms with Gasteiger partial charge in [0.15, 0.2) is 23.0 Å². The SMILES string of the molecule is COc1cc(C2CC(c3ccc4c(c3)OCO4)=NN2C=O)cc(OC)c1OC. The summed E-state index contributed by atoms with van der Waals surface area (Å²) in [5.74, 6) is 2.93. The summed E-state index contributed by atoms with van der Waals surface area (Å²) in [4.78, 5) is 11.7. The van der Waals surface area contributed by atoms with Gasteiger partial charge < -0.3 is 23.7 Å². The molecule has 2 aliphatic rings. The molecule has 8 heteroatoms. The van der Waals surface area contributed by atoms with Gasteiger partial charge >= 0.3 is 0 Å². The van der Waals surface area contributed by atoms with Gasteiger partial charge in [0.1, 0.15) is 0 Å². The summed E-state index contributed by atoms with van der Waals surface area (Å²) in [5, 5.41) is 5.89. The number of nitrogens with zero attached hydrogens (tertiary/aromatic N) is 2. The molecule has 0 saturated heterocycles. The summed E-state index contributed by atoms with van der Waals surface area (Å²) < 4.78 is 27.0. The third kappa shape index (κ3) is 2.96. The van der Waals surface area contributed by atoms with Crippen LogP contribution in [-0.4, -0.2) is 45.3 Å². The molecule has 0 saturated carbocycles. The number of hydrogen-bond donors (Lipinski definition) is 0. The molecular formula is C20H20N2O6. The lowest BCUT2D eigenvalue weighted by Gasteiger charge is -2.20. The van der Waals surface area contributed by atoms with Crippen molar-refractivity contribution in [1.82, 2.24) is 5.01 Å². The molecule has 2 aromatic carbocycles. The van der Waals surface area contributed by atoms with Gasteiger partial charge in [-0.15, -0.1) is 0 Å². The highest BCUT2D eigenvalue weighted by molar-refractivity contribution is 6.03. The quantitative estimate of drug-likeness (QED) is 0.713. The van der Waals surface area contributed by atoms with E-state index in [1.165, 1.54) is 5.01 Å². The zero-order chi connectivity index (χ0) is 19.7. The third-order valence-electron chi connectivity index (χ3n) is 4.83. The molecule has 0 radical (unpaired) electrons. The molecule has 4 rings (SSSR count). The van der Waals surface area contributed by atoms with Crippen LogP contribution in [0.5, 0.6) is 28.7 Å². The van der Waals surface area contributed by atoms with E-state index >= 15 is 0 Å². The number of hydrazone groups is 1. The number of rotatable bonds is 6. The highest BCUT2D eigenvalue weighted by Gasteiger charge is 2.31. The number of methoxy groups -OCH3 is 3. The minimum atomic E-state index is -0.286. The topological polar surface area (TPSA) is 78.8 Å². The van der Waals surface area contributed by atoms with E-state index in [0.717, 1.165) is 16.8 Å². The average Bonchev–Trinajstić information content (AvgIpc) is 3.38. The Bertz CT molecular complexity index is 917. The average molecular weight is 384 g/mol. The molecule has 1 atom stereocenters. The summed E-state index contributed by atoms with van der Waals surface area (Å²) in [6.45, 7) is 0.208. The van der Waals surface area contributed by atoms with Crippen LogP contribution in [0.2, 0.25) is 0 Å². The van der Waals surface area contributed by atoms with Gasteiger partial charge in [-0.25, -0.2) is 5.01 Å². The predicted octanol–water partition coefficient (Wildman–Crippen LogP) is 2.75. The van der Waals surface area contributed by atoms with Crippen molar-refractivity contribution in [3.05, 3.63) is 41.5 Å². The number of carbonyl (C=O) groups excluding carboxylic acids is 1. The van der Waals surface area contributed by atoms with Crippen LogP contribution in [0.4, 0.5) is 0 Å². The van der Waals surface area contributed by atoms with Crippen LogP contribution in [0, 0.1) is 0 Å². The Morgan fingerprint density at radius 2 is 1.75 bits per heavy atom. The molecule has 0 aromatic heterocycles. The molecule has 0 fully saturated rings. The van der Waals surface area contributed by atoms with Crippen LogP contribution in [0.25, 0.3) is 0 Å². The first-order chi connectivity index (χ1) is 13.7. The van der Waals surface area contributed by atoms with Gasteiger partial charge in [-0.1, -0.05) is 0 Å². The van der Waals surface area contributed by atoms with E-state index in [2.05, 4.69) is 5.10 Å². The van der Waals surface area contributed by atoms with Gasteiger partial charge in [0, 0.05) is 12.0 Å². The Labute approximate surface area is 162 Å². The van der Waals surface area contributed by atoms with Gasteiger partial charge in [0.25, 0.3) is 0 Å². The molecule has 1 unspecified atom stereocenters. The molecule has 1 amide bonds. The Balaban J connectivity index is 1.68. The Hall–Kier alpha value is -3.42. The van der Waals surface area contributed by atoms with E-state index in [9.17, 15) is 4.79 Å². The second-order valence-corrected chi connectivity index (χ2v) is 6.28. The van der Waals surface area contributed by atoms with Crippen LogP contribution >= 0.6 is 0 Å². The molecular weight excluding hydrogens is 364 g/mol. The van der Waals surface area contributed by atoms with E-state index in [-0.39, 0.29) is 12.8 Å². The first kappa shape index (κ1) is 18.0. The molecule has 0 spiro atoms. The minimum absolute atomic E-state index is 0.208. The number of carbonyl (C=O) groups is 1. The molecule has 2 heterocycles. The van der Waals surface area contributed by atoms with Crippen molar-refractivity contribution >= 4 is 12.1 Å². The van der Waals surface area contributed by atoms with Crippen molar-refractivity contribution in [2.24, 2.45) is 5.10 Å². The maximum atomic E-state index is 11.7. The molecule has 0 N–H and O–H groups in total. The van der Waals surface area contributed by atoms with Crippen LogP contribution in [0.15, 0.2) is 35.4 Å². The zero-order valence-corrected chi connectivity index (χ0v) is 15.8. The number of ether oxygens (including phenoxy) is 5. The van der Waals surface area contributed by atoms with Crippen LogP contribution in [0.1, 0.15) is 23.6 Å². The summed E-state index contributed by atoms with van der Waals surface area (Å²) in [6.07, 6.45) is 1.25. The lowest BCUT2D eigenvalue weighted by atomic mass is 9.97. The van der Waals surface area contributed by atoms with Gasteiger partial charge in [-0.05, 0) is 35.9 Å². The summed E-state index contributed by atoms with van der Waals surface area (Å²) in [6, 6.07) is 9.01. The van der Waals surface area contributed by atoms with Gasteiger partial charge in [0.2, 0.25) is 19.0 Å². The monoisotopic (exact) mass is 384 g/mol. The highest BCUT2D eigenvalue weighted by atomic mass is 16.7. The molecule has 146 valence electrons. The molecule has 28 heavy (non-hydrogen) atoms. The van der Waals surface area contributed by atoms with Crippen molar-refractivity contribution in [3.8, 4) is 28.7 Å². The second-order valence-electron chi connectivity index (χ2n) is 6.28.